The average Bonchev–Trinajstić information content (AvgIpc) is 2.88. The Kier molecular flexibility index (Phi) is 2.85. The van der Waals surface area contributed by atoms with Crippen LogP contribution in [0.3, 0.4) is 0 Å². The zero-order chi connectivity index (χ0) is 13.2. The van der Waals surface area contributed by atoms with Crippen LogP contribution in [-0.2, 0) is 0 Å². The number of halogens is 1. The van der Waals surface area contributed by atoms with Crippen molar-refractivity contribution in [3.63, 3.8) is 0 Å². The van der Waals surface area contributed by atoms with E-state index in [4.69, 9.17) is 11.6 Å². The molecular formula is C12H8ClN5O. The highest BCUT2D eigenvalue weighted by Gasteiger charge is 2.08. The fourth-order valence-electron chi connectivity index (χ4n) is 1.65. The Balaban J connectivity index is 2.02. The molecule has 0 aromatic carbocycles. The van der Waals surface area contributed by atoms with E-state index in [1.165, 1.54) is 6.07 Å². The molecule has 0 aliphatic rings. The van der Waals surface area contributed by atoms with E-state index in [2.05, 4.69) is 25.1 Å². The Morgan fingerprint density at radius 1 is 1.16 bits per heavy atom. The maximum atomic E-state index is 11.2. The van der Waals surface area contributed by atoms with Gasteiger partial charge in [0.1, 0.15) is 5.15 Å². The van der Waals surface area contributed by atoms with Gasteiger partial charge in [-0.15, -0.1) is 0 Å². The molecule has 7 heteroatoms. The first-order chi connectivity index (χ1) is 9.22. The van der Waals surface area contributed by atoms with Gasteiger partial charge in [-0.1, -0.05) is 11.6 Å². The summed E-state index contributed by atoms with van der Waals surface area (Å²) in [5.74, 6) is 1.02. The maximum Gasteiger partial charge on any atom is 0.248 e. The second kappa shape index (κ2) is 4.66. The number of aromatic nitrogens is 5. The van der Waals surface area contributed by atoms with Crippen LogP contribution in [0.2, 0.25) is 5.15 Å². The first-order valence-electron chi connectivity index (χ1n) is 5.46. The molecular weight excluding hydrogens is 266 g/mol. The van der Waals surface area contributed by atoms with E-state index in [9.17, 15) is 4.79 Å². The maximum absolute atomic E-state index is 11.2. The van der Waals surface area contributed by atoms with Crippen molar-refractivity contribution < 1.29 is 0 Å². The third kappa shape index (κ3) is 2.38. The standard InChI is InChI=1S/C12H8ClN5O/c13-9-5-7(1-3-14-9)11-16-12(18-17-11)8-2-4-15-10(19)6-8/h1-6H,(H,15,19)(H,16,17,18). The third-order valence-electron chi connectivity index (χ3n) is 2.52. The van der Waals surface area contributed by atoms with Crippen molar-refractivity contribution in [1.82, 2.24) is 25.1 Å². The van der Waals surface area contributed by atoms with Gasteiger partial charge >= 0.3 is 0 Å². The van der Waals surface area contributed by atoms with Gasteiger partial charge in [0, 0.05) is 29.6 Å². The smallest absolute Gasteiger partial charge is 0.248 e. The van der Waals surface area contributed by atoms with Crippen molar-refractivity contribution in [2.45, 2.75) is 0 Å². The Morgan fingerprint density at radius 2 is 2.05 bits per heavy atom. The van der Waals surface area contributed by atoms with E-state index in [0.29, 0.717) is 22.4 Å². The van der Waals surface area contributed by atoms with Crippen LogP contribution in [0.15, 0.2) is 41.5 Å². The molecule has 0 fully saturated rings. The molecule has 3 aromatic rings. The predicted molar refractivity (Wildman–Crippen MR) is 70.7 cm³/mol. The van der Waals surface area contributed by atoms with Gasteiger partial charge in [-0.2, -0.15) is 5.10 Å². The number of nitrogens with one attached hydrogen (secondary N) is 2. The first-order valence-corrected chi connectivity index (χ1v) is 5.83. The molecule has 94 valence electrons. The zero-order valence-corrected chi connectivity index (χ0v) is 10.3. The van der Waals surface area contributed by atoms with Crippen LogP contribution >= 0.6 is 11.6 Å². The van der Waals surface area contributed by atoms with Crippen molar-refractivity contribution >= 4 is 11.6 Å². The van der Waals surface area contributed by atoms with Gasteiger partial charge in [0.2, 0.25) is 5.56 Å². The van der Waals surface area contributed by atoms with E-state index < -0.39 is 0 Å². The van der Waals surface area contributed by atoms with Gasteiger partial charge in [-0.05, 0) is 18.2 Å². The van der Waals surface area contributed by atoms with Crippen LogP contribution in [0.4, 0.5) is 0 Å². The number of aromatic amines is 2. The van der Waals surface area contributed by atoms with Crippen LogP contribution in [0.1, 0.15) is 0 Å². The van der Waals surface area contributed by atoms with Crippen LogP contribution in [0.25, 0.3) is 22.8 Å². The van der Waals surface area contributed by atoms with E-state index in [-0.39, 0.29) is 5.56 Å². The summed E-state index contributed by atoms with van der Waals surface area (Å²) in [5.41, 5.74) is 1.23. The van der Waals surface area contributed by atoms with Crippen molar-refractivity contribution in [3.05, 3.63) is 52.2 Å². The highest BCUT2D eigenvalue weighted by Crippen LogP contribution is 2.20. The first kappa shape index (κ1) is 11.6. The molecule has 0 bridgehead atoms. The minimum Gasteiger partial charge on any atom is -0.329 e. The summed E-state index contributed by atoms with van der Waals surface area (Å²) in [6.07, 6.45) is 3.14. The SMILES string of the molecule is O=c1cc(-c2nc(-c3ccnc(Cl)c3)n[nH]2)cc[nH]1. The summed E-state index contributed by atoms with van der Waals surface area (Å²) >= 11 is 5.82. The number of hydrogen-bond donors (Lipinski definition) is 2. The lowest BCUT2D eigenvalue weighted by atomic mass is 10.2. The lowest BCUT2D eigenvalue weighted by Crippen LogP contribution is -2.02. The molecule has 0 unspecified atom stereocenters. The van der Waals surface area contributed by atoms with Gasteiger partial charge in [0.15, 0.2) is 11.6 Å². The van der Waals surface area contributed by atoms with Crippen molar-refractivity contribution in [2.75, 3.05) is 0 Å². The molecule has 6 nitrogen and oxygen atoms in total. The molecule has 0 saturated carbocycles. The Morgan fingerprint density at radius 3 is 2.84 bits per heavy atom. The highest BCUT2D eigenvalue weighted by atomic mass is 35.5. The molecule has 3 aromatic heterocycles. The zero-order valence-electron chi connectivity index (χ0n) is 9.59. The molecule has 0 aliphatic carbocycles. The minimum absolute atomic E-state index is 0.192. The topological polar surface area (TPSA) is 87.3 Å². The Hall–Kier alpha value is -2.47. The molecule has 0 atom stereocenters. The van der Waals surface area contributed by atoms with Gasteiger partial charge in [0.05, 0.1) is 0 Å². The van der Waals surface area contributed by atoms with E-state index in [0.717, 1.165) is 5.56 Å². The van der Waals surface area contributed by atoms with Crippen molar-refractivity contribution in [2.24, 2.45) is 0 Å². The molecule has 0 aliphatic heterocycles. The molecule has 0 spiro atoms. The molecule has 0 saturated heterocycles. The molecule has 19 heavy (non-hydrogen) atoms. The fourth-order valence-corrected chi connectivity index (χ4v) is 1.83. The summed E-state index contributed by atoms with van der Waals surface area (Å²) < 4.78 is 0. The van der Waals surface area contributed by atoms with E-state index >= 15 is 0 Å². The summed E-state index contributed by atoms with van der Waals surface area (Å²) in [6.45, 7) is 0. The quantitative estimate of drug-likeness (QED) is 0.698. The van der Waals surface area contributed by atoms with Gasteiger partial charge in [-0.3, -0.25) is 9.89 Å². The molecule has 2 N–H and O–H groups in total. The van der Waals surface area contributed by atoms with Crippen LogP contribution in [0, 0.1) is 0 Å². The van der Waals surface area contributed by atoms with Crippen LogP contribution < -0.4 is 5.56 Å². The molecule has 3 heterocycles. The summed E-state index contributed by atoms with van der Waals surface area (Å²) in [7, 11) is 0. The summed E-state index contributed by atoms with van der Waals surface area (Å²) in [4.78, 5) is 22.0. The summed E-state index contributed by atoms with van der Waals surface area (Å²) in [5, 5.41) is 7.26. The molecule has 0 amide bonds. The highest BCUT2D eigenvalue weighted by molar-refractivity contribution is 6.29. The normalized spacial score (nSPS) is 10.6. The van der Waals surface area contributed by atoms with Gasteiger partial charge < -0.3 is 4.98 Å². The van der Waals surface area contributed by atoms with E-state index in [1.807, 2.05) is 0 Å². The largest absolute Gasteiger partial charge is 0.329 e. The second-order valence-corrected chi connectivity index (χ2v) is 4.20. The number of pyridine rings is 2. The number of nitrogens with zero attached hydrogens (tertiary/aromatic N) is 3. The lowest BCUT2D eigenvalue weighted by molar-refractivity contribution is 1.10. The molecule has 0 radical (unpaired) electrons. The monoisotopic (exact) mass is 273 g/mol. The fraction of sp³-hybridized carbons (Fsp3) is 0. The average molecular weight is 274 g/mol. The molecule has 3 rings (SSSR count). The Labute approximate surface area is 112 Å². The Bertz CT molecular complexity index is 779. The number of hydrogen-bond acceptors (Lipinski definition) is 4. The number of H-pyrrole nitrogens is 2. The second-order valence-electron chi connectivity index (χ2n) is 3.82. The minimum atomic E-state index is -0.192. The van der Waals surface area contributed by atoms with Crippen molar-refractivity contribution in [1.29, 1.82) is 0 Å². The van der Waals surface area contributed by atoms with Crippen LogP contribution in [-0.4, -0.2) is 25.1 Å². The lowest BCUT2D eigenvalue weighted by Gasteiger charge is -1.95. The van der Waals surface area contributed by atoms with Gasteiger partial charge in [0.25, 0.3) is 0 Å². The number of rotatable bonds is 2. The van der Waals surface area contributed by atoms with Crippen LogP contribution in [0.5, 0.6) is 0 Å². The third-order valence-corrected chi connectivity index (χ3v) is 2.73. The van der Waals surface area contributed by atoms with Crippen molar-refractivity contribution in [3.8, 4) is 22.8 Å². The predicted octanol–water partition coefficient (Wildman–Crippen LogP) is 1.88. The summed E-state index contributed by atoms with van der Waals surface area (Å²) in [6, 6.07) is 6.62. The van der Waals surface area contributed by atoms with E-state index in [1.54, 1.807) is 30.6 Å². The van der Waals surface area contributed by atoms with Gasteiger partial charge in [-0.25, -0.2) is 9.97 Å².